The van der Waals surface area contributed by atoms with Gasteiger partial charge in [-0.1, -0.05) is 24.3 Å². The number of nitrogens with two attached hydrogens (primary N) is 1. The molecule has 0 aliphatic carbocycles. The van der Waals surface area contributed by atoms with Gasteiger partial charge in [0.1, 0.15) is 11.5 Å². The normalized spacial score (nSPS) is 12.8. The van der Waals surface area contributed by atoms with Crippen LogP contribution >= 0.6 is 0 Å². The van der Waals surface area contributed by atoms with E-state index in [9.17, 15) is 13.2 Å². The van der Waals surface area contributed by atoms with E-state index in [0.717, 1.165) is 16.9 Å². The van der Waals surface area contributed by atoms with Crippen molar-refractivity contribution in [2.75, 3.05) is 7.11 Å². The topological polar surface area (TPSA) is 44.5 Å². The molecule has 0 aromatic heterocycles. The van der Waals surface area contributed by atoms with Crippen molar-refractivity contribution in [2.45, 2.75) is 19.3 Å². The second kappa shape index (κ2) is 6.27. The third kappa shape index (κ3) is 3.92. The van der Waals surface area contributed by atoms with Crippen molar-refractivity contribution >= 4 is 0 Å². The number of aryl methyl sites for hydroxylation is 1. The van der Waals surface area contributed by atoms with Crippen LogP contribution in [0.2, 0.25) is 0 Å². The highest BCUT2D eigenvalue weighted by Crippen LogP contribution is 2.28. The molecule has 2 N–H and O–H groups in total. The number of methoxy groups -OCH3 is 1. The van der Waals surface area contributed by atoms with Crippen LogP contribution in [0.3, 0.4) is 0 Å². The lowest BCUT2D eigenvalue weighted by Gasteiger charge is -2.15. The lowest BCUT2D eigenvalue weighted by molar-refractivity contribution is -0.274. The van der Waals surface area contributed by atoms with Crippen LogP contribution in [-0.2, 0) is 0 Å². The molecule has 0 saturated heterocycles. The Bertz CT molecular complexity index is 639. The highest BCUT2D eigenvalue weighted by molar-refractivity contribution is 5.41. The van der Waals surface area contributed by atoms with E-state index < -0.39 is 12.4 Å². The zero-order valence-electron chi connectivity index (χ0n) is 12.1. The molecule has 0 bridgehead atoms. The van der Waals surface area contributed by atoms with Crippen LogP contribution in [0.4, 0.5) is 13.2 Å². The lowest BCUT2D eigenvalue weighted by Crippen LogP contribution is -2.17. The van der Waals surface area contributed by atoms with Crippen molar-refractivity contribution in [3.05, 3.63) is 59.2 Å². The number of rotatable bonds is 4. The molecule has 2 aromatic carbocycles. The fourth-order valence-corrected chi connectivity index (χ4v) is 2.16. The molecule has 2 rings (SSSR count). The zero-order chi connectivity index (χ0) is 16.3. The summed E-state index contributed by atoms with van der Waals surface area (Å²) in [6.45, 7) is 1.90. The minimum Gasteiger partial charge on any atom is -0.496 e. The van der Waals surface area contributed by atoms with Gasteiger partial charge in [-0.25, -0.2) is 0 Å². The summed E-state index contributed by atoms with van der Waals surface area (Å²) in [5.41, 5.74) is 8.63. The number of hydrogen-bond acceptors (Lipinski definition) is 3. The quantitative estimate of drug-likeness (QED) is 0.930. The van der Waals surface area contributed by atoms with Crippen LogP contribution in [0.5, 0.6) is 11.5 Å². The lowest BCUT2D eigenvalue weighted by atomic mass is 9.98. The largest absolute Gasteiger partial charge is 0.573 e. The van der Waals surface area contributed by atoms with Gasteiger partial charge in [0.05, 0.1) is 13.2 Å². The molecule has 0 unspecified atom stereocenters. The van der Waals surface area contributed by atoms with Crippen molar-refractivity contribution < 1.29 is 22.6 Å². The molecule has 0 heterocycles. The van der Waals surface area contributed by atoms with E-state index in [4.69, 9.17) is 10.5 Å². The van der Waals surface area contributed by atoms with E-state index in [0.29, 0.717) is 5.56 Å². The molecular weight excluding hydrogens is 295 g/mol. The van der Waals surface area contributed by atoms with Crippen LogP contribution in [-0.4, -0.2) is 13.5 Å². The minimum atomic E-state index is -4.70. The number of ether oxygens (including phenoxy) is 2. The van der Waals surface area contributed by atoms with Gasteiger partial charge in [-0.3, -0.25) is 0 Å². The van der Waals surface area contributed by atoms with Gasteiger partial charge in [0.25, 0.3) is 0 Å². The highest BCUT2D eigenvalue weighted by atomic mass is 19.4. The maximum atomic E-state index is 12.1. The van der Waals surface area contributed by atoms with Gasteiger partial charge in [-0.15, -0.1) is 13.2 Å². The maximum Gasteiger partial charge on any atom is 0.573 e. The molecule has 0 saturated carbocycles. The number of hydrogen-bond donors (Lipinski definition) is 1. The molecular formula is C16H16F3NO2. The average Bonchev–Trinajstić information content (AvgIpc) is 2.45. The van der Waals surface area contributed by atoms with Gasteiger partial charge in [0, 0.05) is 0 Å². The molecule has 0 radical (unpaired) electrons. The summed E-state index contributed by atoms with van der Waals surface area (Å²) in [6, 6.07) is 10.6. The maximum absolute atomic E-state index is 12.1. The summed E-state index contributed by atoms with van der Waals surface area (Å²) in [7, 11) is 1.58. The Morgan fingerprint density at radius 2 is 1.59 bits per heavy atom. The minimum absolute atomic E-state index is 0.269. The average molecular weight is 311 g/mol. The van der Waals surface area contributed by atoms with Crippen LogP contribution in [0.25, 0.3) is 0 Å². The van der Waals surface area contributed by atoms with E-state index in [2.05, 4.69) is 4.74 Å². The Labute approximate surface area is 126 Å². The summed E-state index contributed by atoms with van der Waals surface area (Å²) in [6.07, 6.45) is -4.70. The molecule has 3 nitrogen and oxygen atoms in total. The standard InChI is InChI=1S/C16H16F3NO2/c1-10-9-12(5-8-14(10)21-2)15(20)11-3-6-13(7-4-11)22-16(17,18)19/h3-9,15H,20H2,1-2H3/t15-/m0/s1. The van der Waals surface area contributed by atoms with Gasteiger partial charge in [0.2, 0.25) is 0 Å². The van der Waals surface area contributed by atoms with Crippen LogP contribution in [0, 0.1) is 6.92 Å². The fourth-order valence-electron chi connectivity index (χ4n) is 2.16. The Morgan fingerprint density at radius 3 is 2.09 bits per heavy atom. The first-order valence-electron chi connectivity index (χ1n) is 6.56. The van der Waals surface area contributed by atoms with Crippen molar-refractivity contribution in [1.29, 1.82) is 0 Å². The molecule has 22 heavy (non-hydrogen) atoms. The Hall–Kier alpha value is -2.21. The highest BCUT2D eigenvalue weighted by Gasteiger charge is 2.31. The van der Waals surface area contributed by atoms with Crippen LogP contribution in [0.1, 0.15) is 22.7 Å². The summed E-state index contributed by atoms with van der Waals surface area (Å²) in [4.78, 5) is 0. The Balaban J connectivity index is 2.19. The first-order valence-corrected chi connectivity index (χ1v) is 6.56. The molecule has 6 heteroatoms. The second-order valence-corrected chi connectivity index (χ2v) is 4.82. The Morgan fingerprint density at radius 1 is 1.00 bits per heavy atom. The van der Waals surface area contributed by atoms with Gasteiger partial charge in [0.15, 0.2) is 0 Å². The summed E-state index contributed by atoms with van der Waals surface area (Å²) >= 11 is 0. The molecule has 1 atom stereocenters. The van der Waals surface area contributed by atoms with E-state index in [1.165, 1.54) is 24.3 Å². The molecule has 2 aromatic rings. The van der Waals surface area contributed by atoms with Crippen molar-refractivity contribution in [2.24, 2.45) is 5.73 Å². The second-order valence-electron chi connectivity index (χ2n) is 4.82. The first-order chi connectivity index (χ1) is 10.3. The van der Waals surface area contributed by atoms with Crippen LogP contribution in [0.15, 0.2) is 42.5 Å². The van der Waals surface area contributed by atoms with Gasteiger partial charge in [-0.2, -0.15) is 0 Å². The van der Waals surface area contributed by atoms with E-state index in [-0.39, 0.29) is 5.75 Å². The molecule has 0 fully saturated rings. The third-order valence-corrected chi connectivity index (χ3v) is 3.25. The number of alkyl halides is 3. The Kier molecular flexibility index (Phi) is 4.61. The predicted octanol–water partition coefficient (Wildman–Crippen LogP) is 3.95. The molecule has 0 spiro atoms. The van der Waals surface area contributed by atoms with E-state index in [1.807, 2.05) is 25.1 Å². The summed E-state index contributed by atoms with van der Waals surface area (Å²) in [5, 5.41) is 0. The fraction of sp³-hybridized carbons (Fsp3) is 0.250. The van der Waals surface area contributed by atoms with Crippen molar-refractivity contribution in [3.63, 3.8) is 0 Å². The third-order valence-electron chi connectivity index (χ3n) is 3.25. The van der Waals surface area contributed by atoms with Crippen molar-refractivity contribution in [1.82, 2.24) is 0 Å². The summed E-state index contributed by atoms with van der Waals surface area (Å²) in [5.74, 6) is 0.485. The predicted molar refractivity (Wildman–Crippen MR) is 76.9 cm³/mol. The molecule has 0 amide bonds. The number of halogens is 3. The van der Waals surface area contributed by atoms with Crippen molar-refractivity contribution in [3.8, 4) is 11.5 Å². The van der Waals surface area contributed by atoms with E-state index in [1.54, 1.807) is 7.11 Å². The molecule has 118 valence electrons. The van der Waals surface area contributed by atoms with Gasteiger partial charge in [-0.05, 0) is 41.8 Å². The van der Waals surface area contributed by atoms with E-state index >= 15 is 0 Å². The zero-order valence-corrected chi connectivity index (χ0v) is 12.1. The van der Waals surface area contributed by atoms with Crippen LogP contribution < -0.4 is 15.2 Å². The SMILES string of the molecule is COc1ccc([C@@H](N)c2ccc(OC(F)(F)F)cc2)cc1C. The smallest absolute Gasteiger partial charge is 0.496 e. The molecule has 0 aliphatic heterocycles. The first kappa shape index (κ1) is 16.2. The van der Waals surface area contributed by atoms with Gasteiger partial charge >= 0.3 is 6.36 Å². The van der Waals surface area contributed by atoms with Gasteiger partial charge < -0.3 is 15.2 Å². The number of benzene rings is 2. The summed E-state index contributed by atoms with van der Waals surface area (Å²) < 4.78 is 45.4. The molecule has 0 aliphatic rings. The monoisotopic (exact) mass is 311 g/mol.